The molecule has 2 aliphatic rings. The predicted molar refractivity (Wildman–Crippen MR) is 92.4 cm³/mol. The third-order valence-electron chi connectivity index (χ3n) is 5.75. The van der Waals surface area contributed by atoms with Crippen LogP contribution in [0.4, 0.5) is 0 Å². The van der Waals surface area contributed by atoms with E-state index in [0.29, 0.717) is 43.9 Å². The van der Waals surface area contributed by atoms with Crippen LogP contribution in [0.3, 0.4) is 0 Å². The average molecular weight is 357 g/mol. The predicted octanol–water partition coefficient (Wildman–Crippen LogP) is 2.46. The highest BCUT2D eigenvalue weighted by atomic mass is 16.5. The largest absolute Gasteiger partial charge is 0.469 e. The van der Waals surface area contributed by atoms with E-state index < -0.39 is 0 Å². The van der Waals surface area contributed by atoms with Crippen LogP contribution in [0.5, 0.6) is 0 Å². The standard InChI is InChI=1S/C19H23N3O4/c1-12-16(14(3)26-20-12)9-22-11-19(8-17(22)23)5-6-21(10-19)18(24)15-4-7-25-13(15)2/h4,7H,5-6,8-11H2,1-3H3. The molecule has 2 aromatic rings. The maximum Gasteiger partial charge on any atom is 0.257 e. The Morgan fingerprint density at radius 1 is 1.27 bits per heavy atom. The topological polar surface area (TPSA) is 79.8 Å². The smallest absolute Gasteiger partial charge is 0.257 e. The van der Waals surface area contributed by atoms with E-state index in [2.05, 4.69) is 5.16 Å². The second-order valence-corrected chi connectivity index (χ2v) is 7.60. The van der Waals surface area contributed by atoms with E-state index >= 15 is 0 Å². The first-order valence-electron chi connectivity index (χ1n) is 8.91. The molecule has 2 saturated heterocycles. The second-order valence-electron chi connectivity index (χ2n) is 7.60. The lowest BCUT2D eigenvalue weighted by Crippen LogP contribution is -2.34. The van der Waals surface area contributed by atoms with Crippen molar-refractivity contribution in [3.63, 3.8) is 0 Å². The van der Waals surface area contributed by atoms with Gasteiger partial charge in [0.15, 0.2) is 0 Å². The SMILES string of the molecule is Cc1noc(C)c1CN1CC2(CCN(C(=O)c3ccoc3C)C2)CC1=O. The van der Waals surface area contributed by atoms with Crippen molar-refractivity contribution in [2.75, 3.05) is 19.6 Å². The number of hydrogen-bond donors (Lipinski definition) is 0. The molecule has 2 fully saturated rings. The molecular weight excluding hydrogens is 334 g/mol. The van der Waals surface area contributed by atoms with Crippen LogP contribution in [0.2, 0.25) is 0 Å². The quantitative estimate of drug-likeness (QED) is 0.843. The number of rotatable bonds is 3. The lowest BCUT2D eigenvalue weighted by Gasteiger charge is -2.24. The van der Waals surface area contributed by atoms with Gasteiger partial charge in [-0.3, -0.25) is 9.59 Å². The lowest BCUT2D eigenvalue weighted by molar-refractivity contribution is -0.128. The Balaban J connectivity index is 1.47. The zero-order valence-electron chi connectivity index (χ0n) is 15.4. The summed E-state index contributed by atoms with van der Waals surface area (Å²) in [5.41, 5.74) is 2.27. The molecule has 1 unspecified atom stereocenters. The fourth-order valence-electron chi connectivity index (χ4n) is 4.20. The van der Waals surface area contributed by atoms with Crippen LogP contribution in [0.25, 0.3) is 0 Å². The Bertz CT molecular complexity index is 849. The van der Waals surface area contributed by atoms with Crippen molar-refractivity contribution < 1.29 is 18.5 Å². The van der Waals surface area contributed by atoms with E-state index in [4.69, 9.17) is 8.94 Å². The Labute approximate surface area is 151 Å². The number of aromatic nitrogens is 1. The molecule has 0 aromatic carbocycles. The third kappa shape index (κ3) is 2.71. The molecule has 4 rings (SSSR count). The summed E-state index contributed by atoms with van der Waals surface area (Å²) in [6.07, 6.45) is 2.88. The fourth-order valence-corrected chi connectivity index (χ4v) is 4.20. The number of furan rings is 1. The summed E-state index contributed by atoms with van der Waals surface area (Å²) < 4.78 is 10.5. The van der Waals surface area contributed by atoms with Gasteiger partial charge in [-0.2, -0.15) is 0 Å². The molecule has 1 atom stereocenters. The van der Waals surface area contributed by atoms with E-state index in [1.165, 1.54) is 0 Å². The van der Waals surface area contributed by atoms with Crippen LogP contribution in [-0.2, 0) is 11.3 Å². The average Bonchev–Trinajstić information content (AvgIpc) is 3.34. The second kappa shape index (κ2) is 6.00. The van der Waals surface area contributed by atoms with Gasteiger partial charge >= 0.3 is 0 Å². The van der Waals surface area contributed by atoms with Gasteiger partial charge in [-0.05, 0) is 33.3 Å². The number of carbonyl (C=O) groups excluding carboxylic acids is 2. The summed E-state index contributed by atoms with van der Waals surface area (Å²) >= 11 is 0. The zero-order chi connectivity index (χ0) is 18.5. The highest BCUT2D eigenvalue weighted by Gasteiger charge is 2.48. The molecule has 26 heavy (non-hydrogen) atoms. The van der Waals surface area contributed by atoms with Gasteiger partial charge in [0, 0.05) is 37.0 Å². The van der Waals surface area contributed by atoms with Crippen molar-refractivity contribution in [3.05, 3.63) is 40.7 Å². The van der Waals surface area contributed by atoms with Gasteiger partial charge in [-0.15, -0.1) is 0 Å². The van der Waals surface area contributed by atoms with Gasteiger partial charge in [-0.1, -0.05) is 5.16 Å². The van der Waals surface area contributed by atoms with E-state index in [1.54, 1.807) is 19.3 Å². The number of likely N-dealkylation sites (tertiary alicyclic amines) is 2. The summed E-state index contributed by atoms with van der Waals surface area (Å²) in [5, 5.41) is 3.97. The van der Waals surface area contributed by atoms with Crippen LogP contribution < -0.4 is 0 Å². The summed E-state index contributed by atoms with van der Waals surface area (Å²) in [6.45, 7) is 8.04. The molecular formula is C19H23N3O4. The van der Waals surface area contributed by atoms with E-state index in [1.807, 2.05) is 23.6 Å². The van der Waals surface area contributed by atoms with Crippen molar-refractivity contribution in [1.29, 1.82) is 0 Å². The van der Waals surface area contributed by atoms with Crippen LogP contribution in [0.1, 0.15) is 46.0 Å². The highest BCUT2D eigenvalue weighted by molar-refractivity contribution is 5.95. The molecule has 0 aliphatic carbocycles. The molecule has 4 heterocycles. The molecule has 138 valence electrons. The van der Waals surface area contributed by atoms with Gasteiger partial charge in [-0.25, -0.2) is 0 Å². The van der Waals surface area contributed by atoms with E-state index in [9.17, 15) is 9.59 Å². The van der Waals surface area contributed by atoms with Gasteiger partial charge in [0.25, 0.3) is 5.91 Å². The fraction of sp³-hybridized carbons (Fsp3) is 0.526. The Hall–Kier alpha value is -2.57. The highest BCUT2D eigenvalue weighted by Crippen LogP contribution is 2.41. The summed E-state index contributed by atoms with van der Waals surface area (Å²) in [7, 11) is 0. The summed E-state index contributed by atoms with van der Waals surface area (Å²) in [6, 6.07) is 1.71. The number of aryl methyl sites for hydroxylation is 3. The molecule has 1 spiro atoms. The van der Waals surface area contributed by atoms with Crippen molar-refractivity contribution in [3.8, 4) is 0 Å². The minimum atomic E-state index is -0.149. The molecule has 0 bridgehead atoms. The number of hydrogen-bond acceptors (Lipinski definition) is 5. The summed E-state index contributed by atoms with van der Waals surface area (Å²) in [4.78, 5) is 29.1. The molecule has 0 radical (unpaired) electrons. The first kappa shape index (κ1) is 16.9. The molecule has 2 aliphatic heterocycles. The van der Waals surface area contributed by atoms with Gasteiger partial charge in [0.1, 0.15) is 11.5 Å². The van der Waals surface area contributed by atoms with Gasteiger partial charge in [0.2, 0.25) is 5.91 Å². The van der Waals surface area contributed by atoms with Gasteiger partial charge < -0.3 is 18.7 Å². The maximum atomic E-state index is 12.7. The lowest BCUT2D eigenvalue weighted by atomic mass is 9.86. The molecule has 0 N–H and O–H groups in total. The van der Waals surface area contributed by atoms with Gasteiger partial charge in [0.05, 0.1) is 24.1 Å². The van der Waals surface area contributed by atoms with E-state index in [-0.39, 0.29) is 17.2 Å². The minimum Gasteiger partial charge on any atom is -0.469 e. The van der Waals surface area contributed by atoms with Crippen LogP contribution in [-0.4, -0.2) is 46.4 Å². The van der Waals surface area contributed by atoms with Crippen LogP contribution >= 0.6 is 0 Å². The Morgan fingerprint density at radius 3 is 2.73 bits per heavy atom. The van der Waals surface area contributed by atoms with Crippen molar-refractivity contribution in [2.45, 2.75) is 40.2 Å². The molecule has 2 amide bonds. The molecule has 0 saturated carbocycles. The number of nitrogens with zero attached hydrogens (tertiary/aromatic N) is 3. The minimum absolute atomic E-state index is 0.00949. The Morgan fingerprint density at radius 2 is 2.08 bits per heavy atom. The third-order valence-corrected chi connectivity index (χ3v) is 5.75. The molecule has 7 heteroatoms. The summed E-state index contributed by atoms with van der Waals surface area (Å²) in [5.74, 6) is 1.52. The maximum absolute atomic E-state index is 12.7. The van der Waals surface area contributed by atoms with Crippen LogP contribution in [0.15, 0.2) is 21.3 Å². The molecule has 7 nitrogen and oxygen atoms in total. The first-order chi connectivity index (χ1) is 12.4. The van der Waals surface area contributed by atoms with Crippen molar-refractivity contribution in [2.24, 2.45) is 5.41 Å². The number of carbonyl (C=O) groups is 2. The van der Waals surface area contributed by atoms with Crippen molar-refractivity contribution >= 4 is 11.8 Å². The Kier molecular flexibility index (Phi) is 3.89. The normalized spacial score (nSPS) is 22.8. The van der Waals surface area contributed by atoms with Crippen molar-refractivity contribution in [1.82, 2.24) is 15.0 Å². The molecule has 2 aromatic heterocycles. The zero-order valence-corrected chi connectivity index (χ0v) is 15.4. The van der Waals surface area contributed by atoms with Crippen LogP contribution in [0, 0.1) is 26.2 Å². The van der Waals surface area contributed by atoms with E-state index in [0.717, 1.165) is 23.4 Å². The number of amides is 2. The monoisotopic (exact) mass is 357 g/mol. The first-order valence-corrected chi connectivity index (χ1v) is 8.91.